The van der Waals surface area contributed by atoms with Gasteiger partial charge in [-0.25, -0.2) is 8.78 Å². The quantitative estimate of drug-likeness (QED) is 0.782. The highest BCUT2D eigenvalue weighted by Gasteiger charge is 2.39. The average molecular weight is 371 g/mol. The van der Waals surface area contributed by atoms with Gasteiger partial charge in [0, 0.05) is 54.7 Å². The predicted molar refractivity (Wildman–Crippen MR) is 96.0 cm³/mol. The summed E-state index contributed by atoms with van der Waals surface area (Å²) in [7, 11) is 0. The zero-order valence-corrected chi connectivity index (χ0v) is 14.6. The lowest BCUT2D eigenvalue weighted by Gasteiger charge is -2.44. The lowest BCUT2D eigenvalue weighted by atomic mass is 9.78. The number of carbonyl (C=O) groups is 1. The Bertz CT molecular complexity index is 874. The van der Waals surface area contributed by atoms with Crippen LogP contribution in [0, 0.1) is 29.4 Å². The summed E-state index contributed by atoms with van der Waals surface area (Å²) >= 11 is 0. The maximum absolute atomic E-state index is 13.2. The Kier molecular flexibility index (Phi) is 4.66. The van der Waals surface area contributed by atoms with Crippen LogP contribution >= 0.6 is 0 Å². The number of hydrogen-bond donors (Lipinski definition) is 2. The molecule has 0 aromatic heterocycles. The van der Waals surface area contributed by atoms with Crippen LogP contribution in [0.25, 0.3) is 0 Å². The molecule has 0 amide bonds. The molecule has 4 rings (SSSR count). The fraction of sp³-hybridized carbons (Fsp3) is 0.400. The van der Waals surface area contributed by atoms with Crippen LogP contribution in [-0.4, -0.2) is 47.0 Å². The molecule has 1 saturated heterocycles. The van der Waals surface area contributed by atoms with E-state index in [0.717, 1.165) is 36.9 Å². The average Bonchev–Trinajstić information content (AvgIpc) is 2.57. The maximum atomic E-state index is 13.2. The van der Waals surface area contributed by atoms with E-state index in [9.17, 15) is 13.6 Å². The van der Waals surface area contributed by atoms with Crippen molar-refractivity contribution >= 4 is 11.7 Å². The molecule has 1 aliphatic carbocycles. The van der Waals surface area contributed by atoms with E-state index in [4.69, 9.17) is 5.11 Å². The van der Waals surface area contributed by atoms with Gasteiger partial charge in [0.25, 0.3) is 0 Å². The van der Waals surface area contributed by atoms with E-state index in [1.54, 1.807) is 0 Å². The van der Waals surface area contributed by atoms with Gasteiger partial charge in [-0.2, -0.15) is 0 Å². The number of hydrogen-bond acceptors (Lipinski definition) is 4. The van der Waals surface area contributed by atoms with Crippen molar-refractivity contribution in [3.8, 4) is 11.8 Å². The molecule has 2 aliphatic heterocycles. The summed E-state index contributed by atoms with van der Waals surface area (Å²) in [5.41, 5.74) is 2.36. The Balaban J connectivity index is 1.38. The normalized spacial score (nSPS) is 27.1. The number of carboxylic acid groups (broad SMARTS) is 1. The van der Waals surface area contributed by atoms with E-state index in [0.29, 0.717) is 18.9 Å². The topological polar surface area (TPSA) is 64.9 Å². The first-order valence-corrected chi connectivity index (χ1v) is 8.94. The number of fused-ring (bicyclic) bond motifs is 1. The molecular formula is C20H19F2N3O2. The first-order chi connectivity index (χ1) is 13.0. The van der Waals surface area contributed by atoms with Crippen LogP contribution < -0.4 is 5.32 Å². The van der Waals surface area contributed by atoms with Gasteiger partial charge in [-0.05, 0) is 30.9 Å². The fourth-order valence-corrected chi connectivity index (χ4v) is 3.70. The molecular weight excluding hydrogens is 352 g/mol. The van der Waals surface area contributed by atoms with E-state index in [1.165, 1.54) is 12.1 Å². The van der Waals surface area contributed by atoms with E-state index in [-0.39, 0.29) is 11.5 Å². The van der Waals surface area contributed by atoms with Crippen molar-refractivity contribution < 1.29 is 18.7 Å². The number of nitrogens with zero attached hydrogens (tertiary/aromatic N) is 2. The third kappa shape index (κ3) is 3.86. The number of likely N-dealkylation sites (tertiary alicyclic amines) is 1. The highest BCUT2D eigenvalue weighted by molar-refractivity contribution is 6.02. The summed E-state index contributed by atoms with van der Waals surface area (Å²) in [4.78, 5) is 17.9. The van der Waals surface area contributed by atoms with Crippen molar-refractivity contribution in [3.63, 3.8) is 0 Å². The number of aliphatic imine (C=N–C) groups is 1. The number of carboxylic acids is 1. The molecule has 2 heterocycles. The van der Waals surface area contributed by atoms with Crippen LogP contribution in [-0.2, 0) is 4.79 Å². The molecule has 1 unspecified atom stereocenters. The summed E-state index contributed by atoms with van der Waals surface area (Å²) in [6.07, 6.45) is 3.66. The molecule has 2 fully saturated rings. The fourth-order valence-electron chi connectivity index (χ4n) is 3.70. The molecule has 27 heavy (non-hydrogen) atoms. The number of halogens is 2. The lowest BCUT2D eigenvalue weighted by Crippen LogP contribution is -2.51. The van der Waals surface area contributed by atoms with Gasteiger partial charge in [0.15, 0.2) is 6.17 Å². The van der Waals surface area contributed by atoms with E-state index in [1.807, 2.05) is 6.20 Å². The van der Waals surface area contributed by atoms with Crippen molar-refractivity contribution in [2.24, 2.45) is 10.9 Å². The molecule has 0 radical (unpaired) electrons. The first kappa shape index (κ1) is 17.7. The second-order valence-corrected chi connectivity index (χ2v) is 7.12. The van der Waals surface area contributed by atoms with E-state index >= 15 is 0 Å². The predicted octanol–water partition coefficient (Wildman–Crippen LogP) is 2.14. The number of piperidine rings is 1. The van der Waals surface area contributed by atoms with Gasteiger partial charge in [-0.15, -0.1) is 0 Å². The van der Waals surface area contributed by atoms with Crippen LogP contribution in [0.2, 0.25) is 0 Å². The highest BCUT2D eigenvalue weighted by Crippen LogP contribution is 2.34. The zero-order valence-electron chi connectivity index (χ0n) is 14.6. The van der Waals surface area contributed by atoms with Gasteiger partial charge in [0.05, 0.1) is 5.92 Å². The summed E-state index contributed by atoms with van der Waals surface area (Å²) < 4.78 is 26.4. The van der Waals surface area contributed by atoms with E-state index in [2.05, 4.69) is 27.0 Å². The second kappa shape index (κ2) is 7.12. The molecule has 1 atom stereocenters. The van der Waals surface area contributed by atoms with Crippen molar-refractivity contribution in [1.82, 2.24) is 10.2 Å². The molecule has 1 aromatic carbocycles. The van der Waals surface area contributed by atoms with Gasteiger partial charge in [0.1, 0.15) is 11.6 Å². The van der Waals surface area contributed by atoms with Crippen molar-refractivity contribution in [2.75, 3.05) is 13.1 Å². The first-order valence-electron chi connectivity index (χ1n) is 8.94. The van der Waals surface area contributed by atoms with Gasteiger partial charge in [-0.3, -0.25) is 14.7 Å². The third-order valence-electron chi connectivity index (χ3n) is 5.27. The molecule has 7 heteroatoms. The molecule has 1 aromatic rings. The smallest absolute Gasteiger partial charge is 0.306 e. The van der Waals surface area contributed by atoms with Crippen molar-refractivity contribution in [3.05, 3.63) is 47.2 Å². The largest absolute Gasteiger partial charge is 0.481 e. The molecule has 0 bridgehead atoms. The molecule has 2 N–H and O–H groups in total. The Morgan fingerprint density at radius 2 is 2.00 bits per heavy atom. The summed E-state index contributed by atoms with van der Waals surface area (Å²) in [5.74, 6) is 3.43. The van der Waals surface area contributed by atoms with E-state index < -0.39 is 23.8 Å². The van der Waals surface area contributed by atoms with Crippen LogP contribution in [0.1, 0.15) is 24.8 Å². The molecule has 0 spiro atoms. The number of aliphatic carboxylic acids is 1. The molecule has 1 saturated carbocycles. The van der Waals surface area contributed by atoms with Gasteiger partial charge in [0.2, 0.25) is 0 Å². The Morgan fingerprint density at radius 3 is 2.70 bits per heavy atom. The Morgan fingerprint density at radius 1 is 1.26 bits per heavy atom. The van der Waals surface area contributed by atoms with Gasteiger partial charge >= 0.3 is 5.97 Å². The summed E-state index contributed by atoms with van der Waals surface area (Å²) in [5, 5.41) is 12.1. The monoisotopic (exact) mass is 371 g/mol. The molecule has 5 nitrogen and oxygen atoms in total. The number of nitrogens with one attached hydrogen (secondary N) is 1. The summed E-state index contributed by atoms with van der Waals surface area (Å²) in [6, 6.07) is 3.52. The second-order valence-electron chi connectivity index (χ2n) is 7.12. The molecule has 140 valence electrons. The van der Waals surface area contributed by atoms with Gasteiger partial charge < -0.3 is 10.4 Å². The summed E-state index contributed by atoms with van der Waals surface area (Å²) in [6.45, 7) is 1.60. The highest BCUT2D eigenvalue weighted by atomic mass is 19.1. The van der Waals surface area contributed by atoms with Crippen LogP contribution in [0.3, 0.4) is 0 Å². The van der Waals surface area contributed by atoms with Crippen molar-refractivity contribution in [1.29, 1.82) is 0 Å². The number of rotatable bonds is 2. The maximum Gasteiger partial charge on any atom is 0.306 e. The van der Waals surface area contributed by atoms with Gasteiger partial charge in [-0.1, -0.05) is 5.92 Å². The molecule has 3 aliphatic rings. The minimum absolute atomic E-state index is 0.212. The minimum Gasteiger partial charge on any atom is -0.481 e. The Hall–Kier alpha value is -2.72. The third-order valence-corrected chi connectivity index (χ3v) is 5.27. The SMILES string of the molecule is O=C(O)C1CC(N2CCC3=NC(C#Cc4cc(F)cc(F)c4)NC=C3C2)C1. The van der Waals surface area contributed by atoms with Crippen LogP contribution in [0.15, 0.2) is 35.0 Å². The van der Waals surface area contributed by atoms with Crippen LogP contribution in [0.5, 0.6) is 0 Å². The number of benzene rings is 1. The Labute approximate surface area is 155 Å². The van der Waals surface area contributed by atoms with Crippen molar-refractivity contribution in [2.45, 2.75) is 31.5 Å². The minimum atomic E-state index is -0.705. The standard InChI is InChI=1S/C20H19F2N3O2/c21-15-5-12(6-16(22)9-15)1-2-19-23-10-14-11-25(4-3-18(14)24-19)17-7-13(8-17)20(26)27/h5-6,9-10,13,17,19,23H,3-4,7-8,11H2,(H,26,27). The lowest BCUT2D eigenvalue weighted by molar-refractivity contribution is -0.147. The van der Waals surface area contributed by atoms with Crippen LogP contribution in [0.4, 0.5) is 8.78 Å². The zero-order chi connectivity index (χ0) is 19.0.